The molecule has 0 atom stereocenters. The van der Waals surface area contributed by atoms with Crippen molar-refractivity contribution in [2.24, 2.45) is 0 Å². The third-order valence-corrected chi connectivity index (χ3v) is 7.04. The minimum absolute atomic E-state index is 0.169. The van der Waals surface area contributed by atoms with Crippen molar-refractivity contribution >= 4 is 22.2 Å². The zero-order valence-electron chi connectivity index (χ0n) is 22.0. The van der Waals surface area contributed by atoms with Gasteiger partial charge in [-0.2, -0.15) is 0 Å². The Morgan fingerprint density at radius 2 is 1.42 bits per heavy atom. The largest absolute Gasteiger partial charge is 0.497 e. The summed E-state index contributed by atoms with van der Waals surface area (Å²) in [5, 5.41) is 3.87. The summed E-state index contributed by atoms with van der Waals surface area (Å²) >= 11 is 1.46. The van der Waals surface area contributed by atoms with Gasteiger partial charge in [0.1, 0.15) is 22.2 Å². The van der Waals surface area contributed by atoms with Crippen LogP contribution in [0.1, 0.15) is 33.6 Å². The third-order valence-electron chi connectivity index (χ3n) is 6.15. The van der Waals surface area contributed by atoms with Gasteiger partial charge >= 0.3 is 0 Å². The minimum Gasteiger partial charge on any atom is -0.497 e. The van der Waals surface area contributed by atoms with Gasteiger partial charge in [-0.15, -0.1) is 11.3 Å². The Balaban J connectivity index is 1.47. The second-order valence-corrected chi connectivity index (χ2v) is 9.61. The molecule has 198 valence electrons. The average molecular weight is 532 g/mol. The van der Waals surface area contributed by atoms with Gasteiger partial charge < -0.3 is 24.4 Å². The Hall–Kier alpha value is -4.04. The Kier molecular flexibility index (Phi) is 9.59. The molecule has 0 aliphatic heterocycles. The normalized spacial score (nSPS) is 10.6. The number of carbonyl (C=O) groups is 1. The summed E-state index contributed by atoms with van der Waals surface area (Å²) in [6, 6.07) is 23.9. The highest BCUT2D eigenvalue weighted by atomic mass is 32.1. The summed E-state index contributed by atoms with van der Waals surface area (Å²) in [7, 11) is 4.98. The number of amides is 1. The van der Waals surface area contributed by atoms with Crippen molar-refractivity contribution in [2.45, 2.75) is 25.9 Å². The van der Waals surface area contributed by atoms with Crippen LogP contribution >= 0.6 is 11.3 Å². The number of hydrogen-bond donors (Lipinski definition) is 1. The van der Waals surface area contributed by atoms with E-state index in [1.165, 1.54) is 16.9 Å². The Labute approximate surface area is 228 Å². The van der Waals surface area contributed by atoms with Crippen molar-refractivity contribution in [1.29, 1.82) is 0 Å². The first kappa shape index (κ1) is 27.0. The summed E-state index contributed by atoms with van der Waals surface area (Å²) in [6.07, 6.45) is 1.70. The van der Waals surface area contributed by atoms with E-state index < -0.39 is 0 Å². The molecular weight excluding hydrogens is 498 g/mol. The predicted molar refractivity (Wildman–Crippen MR) is 152 cm³/mol. The number of nitrogens with zero attached hydrogens (tertiary/aromatic N) is 2. The lowest BCUT2D eigenvalue weighted by Gasteiger charge is -2.24. The monoisotopic (exact) mass is 531 g/mol. The Morgan fingerprint density at radius 3 is 2.00 bits per heavy atom. The zero-order valence-corrected chi connectivity index (χ0v) is 22.8. The molecule has 4 rings (SSSR count). The molecule has 0 aliphatic carbocycles. The smallest absolute Gasteiger partial charge is 0.272 e. The van der Waals surface area contributed by atoms with Gasteiger partial charge in [-0.1, -0.05) is 36.4 Å². The molecule has 3 aromatic carbocycles. The first-order valence-electron chi connectivity index (χ1n) is 12.4. The van der Waals surface area contributed by atoms with E-state index in [0.29, 0.717) is 25.3 Å². The van der Waals surface area contributed by atoms with E-state index in [1.54, 1.807) is 26.8 Å². The number of hydrogen-bond acceptors (Lipinski definition) is 7. The number of benzene rings is 3. The second-order valence-electron chi connectivity index (χ2n) is 8.77. The highest BCUT2D eigenvalue weighted by molar-refractivity contribution is 7.14. The van der Waals surface area contributed by atoms with Gasteiger partial charge in [-0.05, 0) is 65.9 Å². The van der Waals surface area contributed by atoms with Gasteiger partial charge in [0.2, 0.25) is 0 Å². The molecule has 4 aromatic rings. The van der Waals surface area contributed by atoms with Crippen LogP contribution < -0.4 is 24.4 Å². The number of nitrogens with one attached hydrogen (secondary N) is 1. The second kappa shape index (κ2) is 13.5. The molecule has 0 fully saturated rings. The van der Waals surface area contributed by atoms with Crippen molar-refractivity contribution in [2.75, 3.05) is 32.8 Å². The first-order chi connectivity index (χ1) is 18.6. The summed E-state index contributed by atoms with van der Waals surface area (Å²) < 4.78 is 16.1. The number of aryl methyl sites for hydroxylation is 1. The van der Waals surface area contributed by atoms with Crippen LogP contribution in [0.15, 0.2) is 78.3 Å². The molecule has 38 heavy (non-hydrogen) atoms. The van der Waals surface area contributed by atoms with Crippen LogP contribution in [-0.4, -0.2) is 38.8 Å². The molecular formula is C30H33N3O4S. The fraction of sp³-hybridized carbons (Fsp3) is 0.267. The van der Waals surface area contributed by atoms with Gasteiger partial charge in [0, 0.05) is 19.6 Å². The van der Waals surface area contributed by atoms with Crippen LogP contribution in [0.25, 0.3) is 0 Å². The predicted octanol–water partition coefficient (Wildman–Crippen LogP) is 5.74. The van der Waals surface area contributed by atoms with E-state index >= 15 is 0 Å². The van der Waals surface area contributed by atoms with Crippen molar-refractivity contribution in [1.82, 2.24) is 10.3 Å². The number of rotatable bonds is 13. The van der Waals surface area contributed by atoms with E-state index in [4.69, 9.17) is 14.2 Å². The summed E-state index contributed by atoms with van der Waals surface area (Å²) in [5.41, 5.74) is 5.52. The fourth-order valence-corrected chi connectivity index (χ4v) is 4.97. The molecule has 0 saturated carbocycles. The number of thiazole rings is 1. The number of ether oxygens (including phenoxy) is 3. The standard InChI is InChI=1S/C30H33N3O4S/c1-35-25-14-12-22(13-15-25)9-6-16-31-29(34)28-30(38-21-32-28)33(19-23-7-4-10-26(17-23)36-2)20-24-8-5-11-27(18-24)37-3/h4-5,7-8,10-15,17-18,21H,6,9,16,19-20H2,1-3H3,(H,31,34). The zero-order chi connectivity index (χ0) is 26.7. The number of methoxy groups -OCH3 is 3. The molecule has 1 aromatic heterocycles. The molecule has 0 unspecified atom stereocenters. The van der Waals surface area contributed by atoms with Gasteiger partial charge in [0.15, 0.2) is 5.69 Å². The Bertz CT molecular complexity index is 1270. The molecule has 1 N–H and O–H groups in total. The number of aromatic nitrogens is 1. The maximum absolute atomic E-state index is 13.2. The highest BCUT2D eigenvalue weighted by Crippen LogP contribution is 2.30. The molecule has 0 saturated heterocycles. The highest BCUT2D eigenvalue weighted by Gasteiger charge is 2.21. The molecule has 0 radical (unpaired) electrons. The molecule has 0 bridgehead atoms. The van der Waals surface area contributed by atoms with E-state index in [1.807, 2.05) is 60.7 Å². The first-order valence-corrected chi connectivity index (χ1v) is 13.3. The van der Waals surface area contributed by atoms with Crippen LogP contribution in [-0.2, 0) is 19.5 Å². The van der Waals surface area contributed by atoms with Crippen LogP contribution in [0.2, 0.25) is 0 Å². The van der Waals surface area contributed by atoms with Crippen molar-refractivity contribution in [3.8, 4) is 17.2 Å². The van der Waals surface area contributed by atoms with Crippen molar-refractivity contribution in [3.05, 3.63) is 101 Å². The molecule has 8 heteroatoms. The maximum Gasteiger partial charge on any atom is 0.272 e. The quantitative estimate of drug-likeness (QED) is 0.222. The van der Waals surface area contributed by atoms with E-state index in [2.05, 4.69) is 27.3 Å². The van der Waals surface area contributed by atoms with E-state index in [9.17, 15) is 4.79 Å². The third kappa shape index (κ3) is 7.26. The van der Waals surface area contributed by atoms with Crippen molar-refractivity contribution in [3.63, 3.8) is 0 Å². The fourth-order valence-electron chi connectivity index (χ4n) is 4.17. The number of carbonyl (C=O) groups excluding carboxylic acids is 1. The van der Waals surface area contributed by atoms with Gasteiger partial charge in [-0.25, -0.2) is 4.98 Å². The van der Waals surface area contributed by atoms with Crippen LogP contribution in [0.4, 0.5) is 5.00 Å². The van der Waals surface area contributed by atoms with E-state index in [-0.39, 0.29) is 5.91 Å². The lowest BCUT2D eigenvalue weighted by Crippen LogP contribution is -2.29. The van der Waals surface area contributed by atoms with Gasteiger partial charge in [0.05, 0.1) is 26.8 Å². The molecule has 1 heterocycles. The minimum atomic E-state index is -0.169. The summed E-state index contributed by atoms with van der Waals surface area (Å²) in [5.74, 6) is 2.26. The average Bonchev–Trinajstić information content (AvgIpc) is 3.46. The number of anilines is 1. The summed E-state index contributed by atoms with van der Waals surface area (Å²) in [6.45, 7) is 1.75. The van der Waals surface area contributed by atoms with Crippen LogP contribution in [0.3, 0.4) is 0 Å². The van der Waals surface area contributed by atoms with Gasteiger partial charge in [0.25, 0.3) is 5.91 Å². The molecule has 1 amide bonds. The van der Waals surface area contributed by atoms with Crippen molar-refractivity contribution < 1.29 is 19.0 Å². The SMILES string of the molecule is COc1ccc(CCCNC(=O)c2ncsc2N(Cc2cccc(OC)c2)Cc2cccc(OC)c2)cc1. The topological polar surface area (TPSA) is 72.9 Å². The Morgan fingerprint density at radius 1 is 0.816 bits per heavy atom. The van der Waals surface area contributed by atoms with E-state index in [0.717, 1.165) is 46.2 Å². The molecule has 0 spiro atoms. The summed E-state index contributed by atoms with van der Waals surface area (Å²) in [4.78, 5) is 19.8. The lowest BCUT2D eigenvalue weighted by molar-refractivity contribution is 0.0949. The molecule has 0 aliphatic rings. The molecule has 7 nitrogen and oxygen atoms in total. The van der Waals surface area contributed by atoms with Gasteiger partial charge in [-0.3, -0.25) is 4.79 Å². The lowest BCUT2D eigenvalue weighted by atomic mass is 10.1. The van der Waals surface area contributed by atoms with Crippen LogP contribution in [0.5, 0.6) is 17.2 Å². The van der Waals surface area contributed by atoms with Crippen LogP contribution in [0, 0.1) is 0 Å². The maximum atomic E-state index is 13.2.